The lowest BCUT2D eigenvalue weighted by molar-refractivity contribution is -0.123. The average molecular weight is 367 g/mol. The van der Waals surface area contributed by atoms with Crippen LogP contribution in [0.15, 0.2) is 36.7 Å². The van der Waals surface area contributed by atoms with Gasteiger partial charge in [0.1, 0.15) is 11.2 Å². The number of hydrogen-bond acceptors (Lipinski definition) is 5. The molecule has 1 aliphatic carbocycles. The van der Waals surface area contributed by atoms with Crippen LogP contribution in [0.5, 0.6) is 5.88 Å². The summed E-state index contributed by atoms with van der Waals surface area (Å²) in [6.07, 6.45) is 6.07. The third-order valence-corrected chi connectivity index (χ3v) is 5.93. The maximum Gasteiger partial charge on any atom is 0.258 e. The molecule has 1 unspecified atom stereocenters. The van der Waals surface area contributed by atoms with Crippen molar-refractivity contribution in [3.05, 3.63) is 52.7 Å². The zero-order chi connectivity index (χ0) is 17.9. The van der Waals surface area contributed by atoms with Crippen molar-refractivity contribution in [2.24, 2.45) is 0 Å². The Hall–Kier alpha value is -2.47. The molecule has 0 saturated heterocycles. The van der Waals surface area contributed by atoms with Crippen molar-refractivity contribution in [1.82, 2.24) is 15.3 Å². The lowest BCUT2D eigenvalue weighted by atomic mass is 9.97. The number of rotatable bonds is 5. The number of fused-ring (bicyclic) bond motifs is 3. The van der Waals surface area contributed by atoms with E-state index in [1.54, 1.807) is 11.3 Å². The molecule has 0 radical (unpaired) electrons. The Bertz CT molecular complexity index is 923. The molecular weight excluding hydrogens is 346 g/mol. The Balaban J connectivity index is 1.46. The molecule has 4 rings (SSSR count). The van der Waals surface area contributed by atoms with Gasteiger partial charge in [-0.15, -0.1) is 11.3 Å². The maximum absolute atomic E-state index is 12.3. The standard InChI is InChI=1S/C20H21N3O2S/c1-13(14-7-3-2-4-8-14)23-17(24)11-25-19-18-15-9-5-6-10-16(15)26-20(18)22-12-21-19/h2-4,7-8,12-13H,5-6,9-11H2,1H3,(H,23,24). The SMILES string of the molecule is CC(NC(=O)COc1ncnc2sc3c(c12)CCCC3)c1ccccc1. The highest BCUT2D eigenvalue weighted by Crippen LogP contribution is 2.38. The predicted octanol–water partition coefficient (Wildman–Crippen LogP) is 3.83. The minimum Gasteiger partial charge on any atom is -0.467 e. The van der Waals surface area contributed by atoms with Gasteiger partial charge < -0.3 is 10.1 Å². The van der Waals surface area contributed by atoms with E-state index in [4.69, 9.17) is 4.74 Å². The fourth-order valence-electron chi connectivity index (χ4n) is 3.41. The number of aryl methyl sites for hydroxylation is 2. The highest BCUT2D eigenvalue weighted by Gasteiger charge is 2.21. The van der Waals surface area contributed by atoms with Gasteiger partial charge in [-0.1, -0.05) is 30.3 Å². The first-order valence-electron chi connectivity index (χ1n) is 8.94. The molecule has 0 bridgehead atoms. The van der Waals surface area contributed by atoms with Gasteiger partial charge in [0.15, 0.2) is 6.61 Å². The highest BCUT2D eigenvalue weighted by atomic mass is 32.1. The summed E-state index contributed by atoms with van der Waals surface area (Å²) in [4.78, 5) is 23.3. The van der Waals surface area contributed by atoms with Crippen molar-refractivity contribution in [2.75, 3.05) is 6.61 Å². The molecule has 2 aromatic heterocycles. The molecule has 1 aliphatic rings. The molecule has 6 heteroatoms. The Morgan fingerprint density at radius 1 is 1.23 bits per heavy atom. The van der Waals surface area contributed by atoms with Crippen LogP contribution in [0, 0.1) is 0 Å². The first-order valence-corrected chi connectivity index (χ1v) is 9.76. The number of amides is 1. The number of nitrogens with zero attached hydrogens (tertiary/aromatic N) is 2. The van der Waals surface area contributed by atoms with Crippen LogP contribution in [0.25, 0.3) is 10.2 Å². The molecule has 5 nitrogen and oxygen atoms in total. The molecule has 0 spiro atoms. The number of benzene rings is 1. The summed E-state index contributed by atoms with van der Waals surface area (Å²) in [5, 5.41) is 3.96. The van der Waals surface area contributed by atoms with E-state index >= 15 is 0 Å². The second-order valence-electron chi connectivity index (χ2n) is 6.56. The summed E-state index contributed by atoms with van der Waals surface area (Å²) in [5.41, 5.74) is 2.38. The summed E-state index contributed by atoms with van der Waals surface area (Å²) in [7, 11) is 0. The number of ether oxygens (including phenoxy) is 1. The third-order valence-electron chi connectivity index (χ3n) is 4.73. The number of carbonyl (C=O) groups is 1. The first-order chi connectivity index (χ1) is 12.7. The largest absolute Gasteiger partial charge is 0.467 e. The van der Waals surface area contributed by atoms with Crippen LogP contribution < -0.4 is 10.1 Å². The van der Waals surface area contributed by atoms with Crippen LogP contribution in [-0.2, 0) is 17.6 Å². The van der Waals surface area contributed by atoms with Crippen LogP contribution >= 0.6 is 11.3 Å². The smallest absolute Gasteiger partial charge is 0.258 e. The van der Waals surface area contributed by atoms with Gasteiger partial charge in [-0.05, 0) is 43.7 Å². The van der Waals surface area contributed by atoms with E-state index in [2.05, 4.69) is 15.3 Å². The molecule has 1 amide bonds. The lowest BCUT2D eigenvalue weighted by Crippen LogP contribution is -2.31. The van der Waals surface area contributed by atoms with Gasteiger partial charge in [-0.2, -0.15) is 0 Å². The minimum absolute atomic E-state index is 0.0477. The van der Waals surface area contributed by atoms with Gasteiger partial charge in [-0.25, -0.2) is 9.97 Å². The van der Waals surface area contributed by atoms with Crippen LogP contribution in [-0.4, -0.2) is 22.5 Å². The fourth-order valence-corrected chi connectivity index (χ4v) is 4.63. The molecule has 1 aromatic carbocycles. The predicted molar refractivity (Wildman–Crippen MR) is 103 cm³/mol. The van der Waals surface area contributed by atoms with Crippen molar-refractivity contribution in [2.45, 2.75) is 38.6 Å². The van der Waals surface area contributed by atoms with E-state index in [0.29, 0.717) is 5.88 Å². The topological polar surface area (TPSA) is 64.1 Å². The van der Waals surface area contributed by atoms with Crippen molar-refractivity contribution < 1.29 is 9.53 Å². The van der Waals surface area contributed by atoms with Gasteiger partial charge in [0.2, 0.25) is 5.88 Å². The molecule has 0 aliphatic heterocycles. The quantitative estimate of drug-likeness (QED) is 0.744. The van der Waals surface area contributed by atoms with E-state index < -0.39 is 0 Å². The number of thiophene rings is 1. The van der Waals surface area contributed by atoms with Crippen molar-refractivity contribution in [1.29, 1.82) is 0 Å². The van der Waals surface area contributed by atoms with Crippen LogP contribution in [0.4, 0.5) is 0 Å². The van der Waals surface area contributed by atoms with Crippen LogP contribution in [0.1, 0.15) is 41.8 Å². The average Bonchev–Trinajstić information content (AvgIpc) is 3.06. The van der Waals surface area contributed by atoms with Crippen LogP contribution in [0.3, 0.4) is 0 Å². The molecular formula is C20H21N3O2S. The Morgan fingerprint density at radius 2 is 2.04 bits per heavy atom. The fraction of sp³-hybridized carbons (Fsp3) is 0.350. The van der Waals surface area contributed by atoms with Crippen molar-refractivity contribution >= 4 is 27.5 Å². The van der Waals surface area contributed by atoms with Crippen molar-refractivity contribution in [3.8, 4) is 5.88 Å². The molecule has 0 fully saturated rings. The van der Waals surface area contributed by atoms with E-state index in [0.717, 1.165) is 28.6 Å². The van der Waals surface area contributed by atoms with E-state index in [-0.39, 0.29) is 18.6 Å². The molecule has 0 saturated carbocycles. The maximum atomic E-state index is 12.3. The summed E-state index contributed by atoms with van der Waals surface area (Å²) in [6, 6.07) is 9.82. The second-order valence-corrected chi connectivity index (χ2v) is 7.64. The number of hydrogen-bond donors (Lipinski definition) is 1. The number of nitrogens with one attached hydrogen (secondary N) is 1. The van der Waals surface area contributed by atoms with Crippen molar-refractivity contribution in [3.63, 3.8) is 0 Å². The molecule has 134 valence electrons. The highest BCUT2D eigenvalue weighted by molar-refractivity contribution is 7.18. The zero-order valence-corrected chi connectivity index (χ0v) is 15.5. The molecule has 1 N–H and O–H groups in total. The van der Waals surface area contributed by atoms with E-state index in [1.807, 2.05) is 37.3 Å². The second kappa shape index (κ2) is 7.41. The van der Waals surface area contributed by atoms with Gasteiger partial charge in [0, 0.05) is 4.88 Å². The first kappa shape index (κ1) is 17.0. The van der Waals surface area contributed by atoms with E-state index in [9.17, 15) is 4.79 Å². The Labute approximate surface area is 156 Å². The van der Waals surface area contributed by atoms with Gasteiger partial charge >= 0.3 is 0 Å². The monoisotopic (exact) mass is 367 g/mol. The van der Waals surface area contributed by atoms with Gasteiger partial charge in [-0.3, -0.25) is 4.79 Å². The van der Waals surface area contributed by atoms with Gasteiger partial charge in [0.05, 0.1) is 11.4 Å². The van der Waals surface area contributed by atoms with E-state index in [1.165, 1.54) is 29.6 Å². The molecule has 2 heterocycles. The minimum atomic E-state index is -0.155. The molecule has 3 aromatic rings. The Kier molecular flexibility index (Phi) is 4.84. The lowest BCUT2D eigenvalue weighted by Gasteiger charge is -2.15. The van der Waals surface area contributed by atoms with Crippen LogP contribution in [0.2, 0.25) is 0 Å². The number of aromatic nitrogens is 2. The van der Waals surface area contributed by atoms with Gasteiger partial charge in [0.25, 0.3) is 5.91 Å². The normalized spacial score (nSPS) is 14.7. The number of carbonyl (C=O) groups excluding carboxylic acids is 1. The third kappa shape index (κ3) is 3.42. The Morgan fingerprint density at radius 3 is 2.88 bits per heavy atom. The summed E-state index contributed by atoms with van der Waals surface area (Å²) >= 11 is 1.72. The molecule has 26 heavy (non-hydrogen) atoms. The summed E-state index contributed by atoms with van der Waals surface area (Å²) in [5.74, 6) is 0.370. The summed E-state index contributed by atoms with van der Waals surface area (Å²) < 4.78 is 5.79. The zero-order valence-electron chi connectivity index (χ0n) is 14.7. The molecule has 1 atom stereocenters. The summed E-state index contributed by atoms with van der Waals surface area (Å²) in [6.45, 7) is 1.92.